The molecule has 1 unspecified atom stereocenters. The van der Waals surface area contributed by atoms with Gasteiger partial charge in [0, 0.05) is 12.4 Å². The molecule has 0 radical (unpaired) electrons. The van der Waals surface area contributed by atoms with E-state index in [0.29, 0.717) is 11.1 Å². The third kappa shape index (κ3) is 2.16. The summed E-state index contributed by atoms with van der Waals surface area (Å²) in [5.41, 5.74) is 1.06. The zero-order valence-electron chi connectivity index (χ0n) is 11.2. The van der Waals surface area contributed by atoms with Crippen molar-refractivity contribution < 1.29 is 16.8 Å². The van der Waals surface area contributed by atoms with Gasteiger partial charge in [0.1, 0.15) is 5.25 Å². The van der Waals surface area contributed by atoms with E-state index in [1.807, 2.05) is 0 Å². The van der Waals surface area contributed by atoms with Gasteiger partial charge in [0.25, 0.3) is 0 Å². The Balaban J connectivity index is 2.24. The average molecular weight is 323 g/mol. The molecule has 0 aliphatic carbocycles. The van der Waals surface area contributed by atoms with Crippen LogP contribution in [0.4, 0.5) is 0 Å². The first-order valence-electron chi connectivity index (χ1n) is 6.30. The van der Waals surface area contributed by atoms with E-state index in [1.54, 1.807) is 19.1 Å². The van der Waals surface area contributed by atoms with E-state index in [-0.39, 0.29) is 9.79 Å². The van der Waals surface area contributed by atoms with Crippen LogP contribution in [-0.4, -0.2) is 27.6 Å². The lowest BCUT2D eigenvalue weighted by Crippen LogP contribution is -2.16. The maximum Gasteiger partial charge on any atom is 0.187 e. The van der Waals surface area contributed by atoms with E-state index < -0.39 is 30.7 Å². The lowest BCUT2D eigenvalue weighted by molar-refractivity contribution is 0.582. The summed E-state index contributed by atoms with van der Waals surface area (Å²) in [5, 5.41) is -1.07. The Morgan fingerprint density at radius 3 is 2.62 bits per heavy atom. The third-order valence-electron chi connectivity index (χ3n) is 3.65. The molecule has 2 aromatic rings. The number of nitrogens with zero attached hydrogens (tertiary/aromatic N) is 1. The molecule has 110 valence electrons. The van der Waals surface area contributed by atoms with E-state index >= 15 is 0 Å². The molecule has 0 N–H and O–H groups in total. The van der Waals surface area contributed by atoms with Gasteiger partial charge in [-0.15, -0.1) is 0 Å². The van der Waals surface area contributed by atoms with Crippen molar-refractivity contribution in [3.05, 3.63) is 53.9 Å². The SMILES string of the molecule is Cc1cccc2c1C(S(=O)(=O)c1cccnc1)CS2(=O)=O. The fourth-order valence-corrected chi connectivity index (χ4v) is 7.06. The van der Waals surface area contributed by atoms with Crippen LogP contribution >= 0.6 is 0 Å². The van der Waals surface area contributed by atoms with Gasteiger partial charge in [-0.05, 0) is 36.2 Å². The van der Waals surface area contributed by atoms with Gasteiger partial charge in [-0.3, -0.25) is 4.98 Å². The molecule has 1 aromatic carbocycles. The van der Waals surface area contributed by atoms with E-state index in [4.69, 9.17) is 0 Å². The minimum absolute atomic E-state index is 0.0429. The number of aromatic nitrogens is 1. The summed E-state index contributed by atoms with van der Waals surface area (Å²) in [4.78, 5) is 3.98. The molecule has 0 fully saturated rings. The van der Waals surface area contributed by atoms with Crippen molar-refractivity contribution in [2.45, 2.75) is 22.0 Å². The molecule has 0 saturated heterocycles. The van der Waals surface area contributed by atoms with Crippen molar-refractivity contribution in [2.24, 2.45) is 0 Å². The normalized spacial score (nSPS) is 20.1. The molecule has 1 aliphatic heterocycles. The van der Waals surface area contributed by atoms with Gasteiger partial charge < -0.3 is 0 Å². The standard InChI is InChI=1S/C14H13NO4S2/c1-10-4-2-6-12-14(10)13(9-20(12,16)17)21(18,19)11-5-3-7-15-8-11/h2-8,13H,9H2,1H3. The van der Waals surface area contributed by atoms with Crippen LogP contribution in [0, 0.1) is 6.92 Å². The predicted molar refractivity (Wildman–Crippen MR) is 77.4 cm³/mol. The molecule has 2 heterocycles. The van der Waals surface area contributed by atoms with Crippen LogP contribution in [0.1, 0.15) is 16.4 Å². The zero-order valence-corrected chi connectivity index (χ0v) is 12.9. The fourth-order valence-electron chi connectivity index (χ4n) is 2.63. The Labute approximate surface area is 123 Å². The number of rotatable bonds is 2. The molecule has 5 nitrogen and oxygen atoms in total. The summed E-state index contributed by atoms with van der Waals surface area (Å²) in [6.07, 6.45) is 2.72. The quantitative estimate of drug-likeness (QED) is 0.840. The number of fused-ring (bicyclic) bond motifs is 1. The number of sulfone groups is 2. The Kier molecular flexibility index (Phi) is 3.14. The zero-order chi connectivity index (χ0) is 15.3. The van der Waals surface area contributed by atoms with Crippen LogP contribution in [0.2, 0.25) is 0 Å². The van der Waals surface area contributed by atoms with Gasteiger partial charge in [-0.25, -0.2) is 16.8 Å². The number of benzene rings is 1. The highest BCUT2D eigenvalue weighted by molar-refractivity contribution is 7.96. The highest BCUT2D eigenvalue weighted by atomic mass is 32.2. The lowest BCUT2D eigenvalue weighted by atomic mass is 10.1. The Morgan fingerprint density at radius 2 is 1.95 bits per heavy atom. The molecule has 7 heteroatoms. The van der Waals surface area contributed by atoms with Crippen LogP contribution in [0.3, 0.4) is 0 Å². The van der Waals surface area contributed by atoms with Crippen LogP contribution in [0.15, 0.2) is 52.5 Å². The summed E-state index contributed by atoms with van der Waals surface area (Å²) >= 11 is 0. The molecule has 0 bridgehead atoms. The Bertz CT molecular complexity index is 903. The minimum Gasteiger partial charge on any atom is -0.263 e. The van der Waals surface area contributed by atoms with E-state index in [2.05, 4.69) is 4.98 Å². The minimum atomic E-state index is -3.79. The molecule has 1 aliphatic rings. The van der Waals surface area contributed by atoms with E-state index in [9.17, 15) is 16.8 Å². The van der Waals surface area contributed by atoms with Gasteiger partial charge in [-0.2, -0.15) is 0 Å². The Hall–Kier alpha value is -1.73. The first-order valence-corrected chi connectivity index (χ1v) is 9.50. The molecule has 21 heavy (non-hydrogen) atoms. The summed E-state index contributed by atoms with van der Waals surface area (Å²) in [6, 6.07) is 7.78. The molecule has 3 rings (SSSR count). The molecule has 0 spiro atoms. The molecular formula is C14H13NO4S2. The number of hydrogen-bond acceptors (Lipinski definition) is 5. The van der Waals surface area contributed by atoms with Gasteiger partial charge >= 0.3 is 0 Å². The predicted octanol–water partition coefficient (Wildman–Crippen LogP) is 1.69. The highest BCUT2D eigenvalue weighted by Gasteiger charge is 2.43. The summed E-state index contributed by atoms with van der Waals surface area (Å²) in [7, 11) is -7.36. The smallest absolute Gasteiger partial charge is 0.187 e. The second-order valence-corrected chi connectivity index (χ2v) is 9.12. The third-order valence-corrected chi connectivity index (χ3v) is 7.71. The highest BCUT2D eigenvalue weighted by Crippen LogP contribution is 2.42. The van der Waals surface area contributed by atoms with Crippen LogP contribution in [0.5, 0.6) is 0 Å². The number of aryl methyl sites for hydroxylation is 1. The topological polar surface area (TPSA) is 81.2 Å². The van der Waals surface area contributed by atoms with Crippen LogP contribution in [0.25, 0.3) is 0 Å². The maximum atomic E-state index is 12.7. The second-order valence-electron chi connectivity index (χ2n) is 4.99. The van der Waals surface area contributed by atoms with Crippen molar-refractivity contribution in [3.63, 3.8) is 0 Å². The van der Waals surface area contributed by atoms with Crippen molar-refractivity contribution >= 4 is 19.7 Å². The van der Waals surface area contributed by atoms with Gasteiger partial charge in [-0.1, -0.05) is 12.1 Å². The summed E-state index contributed by atoms with van der Waals surface area (Å²) < 4.78 is 49.9. The summed E-state index contributed by atoms with van der Waals surface area (Å²) in [5.74, 6) is -0.412. The monoisotopic (exact) mass is 323 g/mol. The number of pyridine rings is 1. The second kappa shape index (κ2) is 4.64. The Morgan fingerprint density at radius 1 is 1.19 bits per heavy atom. The molecule has 0 saturated carbocycles. The fraction of sp³-hybridized carbons (Fsp3) is 0.214. The molecule has 1 aromatic heterocycles. The summed E-state index contributed by atoms with van der Waals surface area (Å²) in [6.45, 7) is 1.73. The van der Waals surface area contributed by atoms with Crippen molar-refractivity contribution in [1.29, 1.82) is 0 Å². The van der Waals surface area contributed by atoms with E-state index in [1.165, 1.54) is 30.6 Å². The largest absolute Gasteiger partial charge is 0.263 e. The first-order chi connectivity index (χ1) is 9.84. The van der Waals surface area contributed by atoms with Crippen molar-refractivity contribution in [1.82, 2.24) is 4.98 Å². The van der Waals surface area contributed by atoms with E-state index in [0.717, 1.165) is 0 Å². The van der Waals surface area contributed by atoms with Crippen LogP contribution in [-0.2, 0) is 19.7 Å². The maximum absolute atomic E-state index is 12.7. The van der Waals surface area contributed by atoms with Gasteiger partial charge in [0.2, 0.25) is 0 Å². The molecular weight excluding hydrogens is 310 g/mol. The van der Waals surface area contributed by atoms with Crippen molar-refractivity contribution in [2.75, 3.05) is 5.75 Å². The molecule has 0 amide bonds. The average Bonchev–Trinajstić information content (AvgIpc) is 2.74. The lowest BCUT2D eigenvalue weighted by Gasteiger charge is -2.13. The first kappa shape index (κ1) is 14.2. The van der Waals surface area contributed by atoms with Gasteiger partial charge in [0.15, 0.2) is 19.7 Å². The number of hydrogen-bond donors (Lipinski definition) is 0. The van der Waals surface area contributed by atoms with Crippen LogP contribution < -0.4 is 0 Å². The van der Waals surface area contributed by atoms with Gasteiger partial charge in [0.05, 0.1) is 15.5 Å². The molecule has 1 atom stereocenters. The van der Waals surface area contributed by atoms with Crippen molar-refractivity contribution in [3.8, 4) is 0 Å².